The quantitative estimate of drug-likeness (QED) is 0.198. The fraction of sp³-hybridized carbons (Fsp3) is 0.900. The lowest BCUT2D eigenvalue weighted by molar-refractivity contribution is -0.141. The summed E-state index contributed by atoms with van der Waals surface area (Å²) in [7, 11) is 2.87. The van der Waals surface area contributed by atoms with E-state index in [1.807, 2.05) is 0 Å². The minimum absolute atomic E-state index is 0.102. The molecule has 2 unspecified atom stereocenters. The maximum atomic E-state index is 11.1. The van der Waals surface area contributed by atoms with E-state index in [-0.39, 0.29) is 17.3 Å². The second-order valence-electron chi connectivity index (χ2n) is 7.00. The van der Waals surface area contributed by atoms with Gasteiger partial charge in [0.25, 0.3) is 0 Å². The monoisotopic (exact) mass is 376 g/mol. The van der Waals surface area contributed by atoms with Crippen molar-refractivity contribution in [2.45, 2.75) is 95.8 Å². The van der Waals surface area contributed by atoms with Crippen molar-refractivity contribution in [2.75, 3.05) is 14.2 Å². The van der Waals surface area contributed by atoms with E-state index in [1.165, 1.54) is 52.7 Å². The molecule has 0 rings (SSSR count). The van der Waals surface area contributed by atoms with Gasteiger partial charge in [0.15, 0.2) is 0 Å². The molecule has 0 saturated heterocycles. The van der Waals surface area contributed by atoms with Crippen LogP contribution in [0.5, 0.6) is 0 Å². The smallest absolute Gasteiger partial charge is 0.305 e. The zero-order valence-electron chi connectivity index (χ0n) is 16.4. The predicted molar refractivity (Wildman–Crippen MR) is 103 cm³/mol. The van der Waals surface area contributed by atoms with Crippen LogP contribution < -0.4 is 0 Å². The fourth-order valence-corrected chi connectivity index (χ4v) is 3.39. The summed E-state index contributed by atoms with van der Waals surface area (Å²) in [6, 6.07) is 0. The number of ether oxygens (including phenoxy) is 2. The highest BCUT2D eigenvalue weighted by molar-refractivity contribution is 6.20. The first-order valence-corrected chi connectivity index (χ1v) is 10.2. The van der Waals surface area contributed by atoms with Crippen molar-refractivity contribution in [2.24, 2.45) is 5.92 Å². The largest absolute Gasteiger partial charge is 0.469 e. The first-order valence-electron chi connectivity index (χ1n) is 9.77. The van der Waals surface area contributed by atoms with Gasteiger partial charge in [-0.1, -0.05) is 51.9 Å². The number of halogens is 1. The second-order valence-corrected chi connectivity index (χ2v) is 7.61. The molecule has 0 aromatic rings. The van der Waals surface area contributed by atoms with Crippen LogP contribution in [0.15, 0.2) is 0 Å². The maximum absolute atomic E-state index is 11.1. The zero-order chi connectivity index (χ0) is 18.9. The Bertz CT molecular complexity index is 347. The van der Waals surface area contributed by atoms with Gasteiger partial charge in [-0.2, -0.15) is 0 Å². The van der Waals surface area contributed by atoms with Gasteiger partial charge in [-0.3, -0.25) is 9.59 Å². The Kier molecular flexibility index (Phi) is 16.2. The average molecular weight is 377 g/mol. The van der Waals surface area contributed by atoms with Crippen LogP contribution in [-0.4, -0.2) is 31.5 Å². The van der Waals surface area contributed by atoms with Gasteiger partial charge in [0.05, 0.1) is 14.2 Å². The van der Waals surface area contributed by atoms with Crippen molar-refractivity contribution in [1.82, 2.24) is 0 Å². The molecule has 0 radical (unpaired) electrons. The number of rotatable bonds is 16. The van der Waals surface area contributed by atoms with Crippen molar-refractivity contribution < 1.29 is 19.1 Å². The number of alkyl halides is 1. The number of carbonyl (C=O) groups is 2. The van der Waals surface area contributed by atoms with E-state index < -0.39 is 0 Å². The molecule has 25 heavy (non-hydrogen) atoms. The van der Waals surface area contributed by atoms with Gasteiger partial charge >= 0.3 is 11.9 Å². The Balaban J connectivity index is 3.38. The highest BCUT2D eigenvalue weighted by atomic mass is 35.5. The zero-order valence-corrected chi connectivity index (χ0v) is 17.1. The van der Waals surface area contributed by atoms with Crippen LogP contribution in [-0.2, 0) is 19.1 Å². The third-order valence-electron chi connectivity index (χ3n) is 4.60. The Morgan fingerprint density at radius 3 is 1.80 bits per heavy atom. The van der Waals surface area contributed by atoms with E-state index in [0.717, 1.165) is 32.1 Å². The van der Waals surface area contributed by atoms with E-state index in [1.54, 1.807) is 0 Å². The molecule has 0 saturated carbocycles. The molecule has 0 bridgehead atoms. The first-order chi connectivity index (χ1) is 12.0. The van der Waals surface area contributed by atoms with E-state index in [2.05, 4.69) is 16.4 Å². The molecular weight excluding hydrogens is 340 g/mol. The van der Waals surface area contributed by atoms with Crippen molar-refractivity contribution >= 4 is 23.5 Å². The van der Waals surface area contributed by atoms with Gasteiger partial charge in [0.1, 0.15) is 0 Å². The topological polar surface area (TPSA) is 52.6 Å². The standard InChI is InChI=1S/C20H37ClO4/c1-17(14-15-20(23)25-3)16-18(21)12-10-8-6-4-5-7-9-11-13-19(22)24-2/h17-18H,4-16H2,1-3H3. The summed E-state index contributed by atoms with van der Waals surface area (Å²) < 4.78 is 9.29. The van der Waals surface area contributed by atoms with Gasteiger partial charge < -0.3 is 9.47 Å². The predicted octanol–water partition coefficient (Wildman–Crippen LogP) is 5.65. The maximum Gasteiger partial charge on any atom is 0.305 e. The summed E-state index contributed by atoms with van der Waals surface area (Å²) in [6.07, 6.45) is 13.4. The van der Waals surface area contributed by atoms with Crippen LogP contribution in [0.3, 0.4) is 0 Å². The Labute approximate surface area is 159 Å². The number of hydrogen-bond donors (Lipinski definition) is 0. The molecule has 0 fully saturated rings. The van der Waals surface area contributed by atoms with E-state index in [9.17, 15) is 9.59 Å². The summed E-state index contributed by atoms with van der Waals surface area (Å²) in [5, 5.41) is 0.214. The Morgan fingerprint density at radius 1 is 0.760 bits per heavy atom. The molecule has 0 aliphatic carbocycles. The van der Waals surface area contributed by atoms with Crippen LogP contribution in [0, 0.1) is 5.92 Å². The van der Waals surface area contributed by atoms with E-state index >= 15 is 0 Å². The van der Waals surface area contributed by atoms with Crippen molar-refractivity contribution in [1.29, 1.82) is 0 Å². The normalized spacial score (nSPS) is 13.3. The van der Waals surface area contributed by atoms with Crippen molar-refractivity contribution in [3.8, 4) is 0 Å². The molecule has 0 aliphatic rings. The van der Waals surface area contributed by atoms with Gasteiger partial charge in [0, 0.05) is 18.2 Å². The van der Waals surface area contributed by atoms with Crippen molar-refractivity contribution in [3.63, 3.8) is 0 Å². The van der Waals surface area contributed by atoms with Gasteiger partial charge in [-0.05, 0) is 31.6 Å². The minimum atomic E-state index is -0.136. The summed E-state index contributed by atoms with van der Waals surface area (Å²) in [6.45, 7) is 2.15. The number of carbonyl (C=O) groups excluding carboxylic acids is 2. The van der Waals surface area contributed by atoms with Crippen LogP contribution in [0.2, 0.25) is 0 Å². The summed E-state index contributed by atoms with van der Waals surface area (Å²) in [4.78, 5) is 22.1. The summed E-state index contributed by atoms with van der Waals surface area (Å²) in [5.74, 6) is 0.227. The van der Waals surface area contributed by atoms with Crippen LogP contribution in [0.1, 0.15) is 90.4 Å². The minimum Gasteiger partial charge on any atom is -0.469 e. The van der Waals surface area contributed by atoms with E-state index in [0.29, 0.717) is 18.8 Å². The molecule has 148 valence electrons. The summed E-state index contributed by atoms with van der Waals surface area (Å²) >= 11 is 6.41. The highest BCUT2D eigenvalue weighted by Gasteiger charge is 2.12. The molecular formula is C20H37ClO4. The lowest BCUT2D eigenvalue weighted by Gasteiger charge is -2.15. The Hall–Kier alpha value is -0.770. The molecule has 0 aromatic carbocycles. The molecule has 0 spiro atoms. The SMILES string of the molecule is COC(=O)CCCCCCCCCCC(Cl)CC(C)CCC(=O)OC. The Morgan fingerprint density at radius 2 is 1.24 bits per heavy atom. The molecule has 0 heterocycles. The van der Waals surface area contributed by atoms with Crippen LogP contribution in [0.4, 0.5) is 0 Å². The molecule has 5 heteroatoms. The van der Waals surface area contributed by atoms with Crippen molar-refractivity contribution in [3.05, 3.63) is 0 Å². The first kappa shape index (κ1) is 24.2. The van der Waals surface area contributed by atoms with Crippen LogP contribution in [0.25, 0.3) is 0 Å². The number of esters is 2. The number of methoxy groups -OCH3 is 2. The molecule has 0 aliphatic heterocycles. The molecule has 4 nitrogen and oxygen atoms in total. The van der Waals surface area contributed by atoms with Gasteiger partial charge in [-0.15, -0.1) is 11.6 Å². The fourth-order valence-electron chi connectivity index (χ4n) is 2.94. The second kappa shape index (κ2) is 16.7. The lowest BCUT2D eigenvalue weighted by Crippen LogP contribution is -2.09. The van der Waals surface area contributed by atoms with E-state index in [4.69, 9.17) is 11.6 Å². The molecule has 0 N–H and O–H groups in total. The third-order valence-corrected chi connectivity index (χ3v) is 5.00. The number of unbranched alkanes of at least 4 members (excludes halogenated alkanes) is 7. The highest BCUT2D eigenvalue weighted by Crippen LogP contribution is 2.21. The molecule has 2 atom stereocenters. The lowest BCUT2D eigenvalue weighted by atomic mass is 9.97. The van der Waals surface area contributed by atoms with Gasteiger partial charge in [0.2, 0.25) is 0 Å². The molecule has 0 aromatic heterocycles. The third kappa shape index (κ3) is 16.4. The number of hydrogen-bond acceptors (Lipinski definition) is 4. The van der Waals surface area contributed by atoms with Gasteiger partial charge in [-0.25, -0.2) is 0 Å². The summed E-state index contributed by atoms with van der Waals surface area (Å²) in [5.41, 5.74) is 0. The average Bonchev–Trinajstić information content (AvgIpc) is 2.60. The molecule has 0 amide bonds. The van der Waals surface area contributed by atoms with Crippen LogP contribution >= 0.6 is 11.6 Å².